The number of hydrogen-bond acceptors (Lipinski definition) is 2. The van der Waals surface area contributed by atoms with Crippen LogP contribution in [0.25, 0.3) is 0 Å². The normalized spacial score (nSPS) is 23.1. The van der Waals surface area contributed by atoms with Gasteiger partial charge in [-0.2, -0.15) is 0 Å². The average Bonchev–Trinajstić information content (AvgIpc) is 1.94. The Balaban J connectivity index is 2.30. The Hall–Kier alpha value is -0.340. The van der Waals surface area contributed by atoms with Crippen LogP contribution in [-0.2, 0) is 0 Å². The number of nitrogens with zero attached hydrogens (tertiary/aromatic N) is 1. The van der Waals surface area contributed by atoms with Crippen LogP contribution in [0.2, 0.25) is 0 Å². The molecule has 0 aliphatic carbocycles. The fourth-order valence-corrected chi connectivity index (χ4v) is 0.754. The minimum atomic E-state index is 1.03. The van der Waals surface area contributed by atoms with Gasteiger partial charge >= 0.3 is 0 Å². The third-order valence-corrected chi connectivity index (χ3v) is 1.24. The molecule has 1 aliphatic heterocycles. The molecule has 0 spiro atoms. The maximum atomic E-state index is 3.22. The molecule has 0 saturated carbocycles. The molecule has 0 amide bonds. The second kappa shape index (κ2) is 2.84. The van der Waals surface area contributed by atoms with Gasteiger partial charge in [0.25, 0.3) is 0 Å². The predicted molar refractivity (Wildman–Crippen MR) is 34.4 cm³/mol. The van der Waals surface area contributed by atoms with Crippen LogP contribution >= 0.6 is 0 Å². The van der Waals surface area contributed by atoms with E-state index in [1.54, 1.807) is 0 Å². The predicted octanol–water partition coefficient (Wildman–Crippen LogP) is 0.383. The summed E-state index contributed by atoms with van der Waals surface area (Å²) in [6.45, 7) is 2.10. The first-order valence-electron chi connectivity index (χ1n) is 2.99. The fraction of sp³-hybridized carbons (Fsp3) is 0.667. The van der Waals surface area contributed by atoms with Crippen molar-refractivity contribution in [3.8, 4) is 0 Å². The lowest BCUT2D eigenvalue weighted by Crippen LogP contribution is -2.33. The van der Waals surface area contributed by atoms with Crippen molar-refractivity contribution in [3.63, 3.8) is 0 Å². The summed E-state index contributed by atoms with van der Waals surface area (Å²) in [5, 5.41) is 2.09. The monoisotopic (exact) mass is 112 g/mol. The highest BCUT2D eigenvalue weighted by molar-refractivity contribution is 4.86. The number of hydrogen-bond donors (Lipinski definition) is 1. The average molecular weight is 112 g/mol. The van der Waals surface area contributed by atoms with Crippen molar-refractivity contribution in [3.05, 3.63) is 12.2 Å². The number of likely N-dealkylation sites (N-methyl/N-ethyl adjacent to an activating group) is 1. The molecule has 1 aliphatic rings. The molecule has 46 valence electrons. The van der Waals surface area contributed by atoms with Gasteiger partial charge in [-0.15, -0.1) is 0 Å². The first kappa shape index (κ1) is 5.79. The highest BCUT2D eigenvalue weighted by Gasteiger charge is 1.94. The van der Waals surface area contributed by atoms with E-state index in [0.717, 1.165) is 19.5 Å². The van der Waals surface area contributed by atoms with Crippen molar-refractivity contribution in [2.45, 2.75) is 6.42 Å². The van der Waals surface area contributed by atoms with Crippen molar-refractivity contribution in [1.29, 1.82) is 0 Å². The van der Waals surface area contributed by atoms with E-state index in [0.29, 0.717) is 0 Å². The van der Waals surface area contributed by atoms with Crippen LogP contribution < -0.4 is 5.43 Å². The molecule has 0 aromatic heterocycles. The highest BCUT2D eigenvalue weighted by atomic mass is 15.5. The van der Waals surface area contributed by atoms with Gasteiger partial charge in [0.1, 0.15) is 0 Å². The van der Waals surface area contributed by atoms with Gasteiger partial charge in [-0.1, -0.05) is 12.2 Å². The molecule has 1 rings (SSSR count). The van der Waals surface area contributed by atoms with E-state index in [1.807, 2.05) is 0 Å². The molecule has 0 fully saturated rings. The molecule has 2 nitrogen and oxygen atoms in total. The van der Waals surface area contributed by atoms with E-state index in [4.69, 9.17) is 0 Å². The quantitative estimate of drug-likeness (QED) is 0.456. The molecule has 2 heteroatoms. The summed E-state index contributed by atoms with van der Waals surface area (Å²) in [6.07, 6.45) is 5.54. The van der Waals surface area contributed by atoms with E-state index in [-0.39, 0.29) is 0 Å². The van der Waals surface area contributed by atoms with Crippen LogP contribution in [0.5, 0.6) is 0 Å². The van der Waals surface area contributed by atoms with Crippen LogP contribution in [0.3, 0.4) is 0 Å². The highest BCUT2D eigenvalue weighted by Crippen LogP contribution is 1.88. The molecule has 8 heavy (non-hydrogen) atoms. The second-order valence-corrected chi connectivity index (χ2v) is 2.05. The zero-order valence-electron chi connectivity index (χ0n) is 5.22. The summed E-state index contributed by atoms with van der Waals surface area (Å²) < 4.78 is 0. The Labute approximate surface area is 50.1 Å². The summed E-state index contributed by atoms with van der Waals surface area (Å²) in [6, 6.07) is 0. The maximum absolute atomic E-state index is 3.22. The Bertz CT molecular complexity index is 88.5. The lowest BCUT2D eigenvalue weighted by Gasteiger charge is -2.11. The molecule has 1 N–H and O–H groups in total. The van der Waals surface area contributed by atoms with E-state index < -0.39 is 0 Å². The van der Waals surface area contributed by atoms with Crippen LogP contribution in [0.15, 0.2) is 12.2 Å². The summed E-state index contributed by atoms with van der Waals surface area (Å²) in [5.74, 6) is 0. The van der Waals surface area contributed by atoms with Crippen LogP contribution in [0.4, 0.5) is 0 Å². The third kappa shape index (κ3) is 1.64. The van der Waals surface area contributed by atoms with Gasteiger partial charge in [0.05, 0.1) is 0 Å². The molecule has 0 aromatic rings. The summed E-state index contributed by atoms with van der Waals surface area (Å²) in [4.78, 5) is 0. The zero-order chi connectivity index (χ0) is 5.82. The van der Waals surface area contributed by atoms with E-state index in [9.17, 15) is 0 Å². The topological polar surface area (TPSA) is 15.3 Å². The van der Waals surface area contributed by atoms with Gasteiger partial charge in [0, 0.05) is 20.1 Å². The summed E-state index contributed by atoms with van der Waals surface area (Å²) >= 11 is 0. The standard InChI is InChI=1S/C6H12N2/c1-8-6-4-2-3-5-7-8/h2,4,7H,3,5-6H2,1H3. The molecule has 0 saturated heterocycles. The van der Waals surface area contributed by atoms with Gasteiger partial charge in [-0.3, -0.25) is 5.43 Å². The third-order valence-electron chi connectivity index (χ3n) is 1.24. The van der Waals surface area contributed by atoms with E-state index in [2.05, 4.69) is 29.6 Å². The van der Waals surface area contributed by atoms with Crippen molar-refractivity contribution < 1.29 is 0 Å². The van der Waals surface area contributed by atoms with Gasteiger partial charge in [0.2, 0.25) is 0 Å². The minimum absolute atomic E-state index is 1.03. The van der Waals surface area contributed by atoms with Crippen molar-refractivity contribution in [2.75, 3.05) is 20.1 Å². The molecular weight excluding hydrogens is 100 g/mol. The number of hydrazine groups is 1. The Morgan fingerprint density at radius 1 is 1.50 bits per heavy atom. The first-order chi connectivity index (χ1) is 3.89. The van der Waals surface area contributed by atoms with Gasteiger partial charge in [-0.05, 0) is 6.42 Å². The number of rotatable bonds is 0. The van der Waals surface area contributed by atoms with E-state index >= 15 is 0 Å². The Morgan fingerprint density at radius 3 is 3.25 bits per heavy atom. The lowest BCUT2D eigenvalue weighted by atomic mass is 10.4. The van der Waals surface area contributed by atoms with Crippen LogP contribution in [-0.4, -0.2) is 25.1 Å². The van der Waals surface area contributed by atoms with Crippen LogP contribution in [0.1, 0.15) is 6.42 Å². The molecule has 1 heterocycles. The molecular formula is C6H12N2. The smallest absolute Gasteiger partial charge is 0.0308 e. The van der Waals surface area contributed by atoms with Crippen molar-refractivity contribution in [2.24, 2.45) is 0 Å². The molecule has 0 atom stereocenters. The van der Waals surface area contributed by atoms with Gasteiger partial charge in [-0.25, -0.2) is 5.01 Å². The maximum Gasteiger partial charge on any atom is 0.0308 e. The van der Waals surface area contributed by atoms with E-state index in [1.165, 1.54) is 0 Å². The van der Waals surface area contributed by atoms with Gasteiger partial charge in [0.15, 0.2) is 0 Å². The summed E-state index contributed by atoms with van der Waals surface area (Å²) in [7, 11) is 2.05. The van der Waals surface area contributed by atoms with Gasteiger partial charge < -0.3 is 0 Å². The largest absolute Gasteiger partial charge is 0.255 e. The SMILES string of the molecule is CN1CC=CCCN1. The second-order valence-electron chi connectivity index (χ2n) is 2.05. The molecule has 0 bridgehead atoms. The Morgan fingerprint density at radius 2 is 2.38 bits per heavy atom. The molecule has 0 radical (unpaired) electrons. The molecule has 0 unspecified atom stereocenters. The minimum Gasteiger partial charge on any atom is -0.255 e. The fourth-order valence-electron chi connectivity index (χ4n) is 0.754. The van der Waals surface area contributed by atoms with Crippen LogP contribution in [0, 0.1) is 0 Å². The van der Waals surface area contributed by atoms with Crippen molar-refractivity contribution >= 4 is 0 Å². The van der Waals surface area contributed by atoms with Crippen molar-refractivity contribution in [1.82, 2.24) is 10.4 Å². The lowest BCUT2D eigenvalue weighted by molar-refractivity contribution is 0.269. The molecule has 0 aromatic carbocycles. The summed E-state index contributed by atoms with van der Waals surface area (Å²) in [5.41, 5.74) is 3.22. The zero-order valence-corrected chi connectivity index (χ0v) is 5.22. The Kier molecular flexibility index (Phi) is 2.06. The number of nitrogens with one attached hydrogen (secondary N) is 1. The first-order valence-corrected chi connectivity index (χ1v) is 2.99.